The summed E-state index contributed by atoms with van der Waals surface area (Å²) in [6.07, 6.45) is -1.82. The molecule has 10 heteroatoms. The Morgan fingerprint density at radius 3 is 1.44 bits per heavy atom. The van der Waals surface area contributed by atoms with Crippen LogP contribution in [0.4, 0.5) is 0 Å². The number of carboxylic acids is 2. The van der Waals surface area contributed by atoms with Gasteiger partial charge in [-0.1, -0.05) is 0 Å². The van der Waals surface area contributed by atoms with Gasteiger partial charge in [0.15, 0.2) is 0 Å². The summed E-state index contributed by atoms with van der Waals surface area (Å²) in [5, 5.41) is 37.2. The predicted molar refractivity (Wildman–Crippen MR) is 81.4 cm³/mol. The summed E-state index contributed by atoms with van der Waals surface area (Å²) in [5.74, 6) is -3.30. The van der Waals surface area contributed by atoms with E-state index in [1.165, 1.54) is 0 Å². The van der Waals surface area contributed by atoms with E-state index >= 15 is 0 Å². The molecule has 2 saturated heterocycles. The summed E-state index contributed by atoms with van der Waals surface area (Å²) in [6, 6.07) is -2.13. The first-order valence-corrected chi connectivity index (χ1v) is 8.11. The number of rotatable bonds is 6. The summed E-state index contributed by atoms with van der Waals surface area (Å²) in [5.41, 5.74) is 0. The molecule has 2 amide bonds. The Bertz CT molecular complexity index is 518. The summed E-state index contributed by atoms with van der Waals surface area (Å²) in [6.45, 7) is -0.105. The van der Waals surface area contributed by atoms with Crippen LogP contribution in [0.2, 0.25) is 0 Å². The van der Waals surface area contributed by atoms with E-state index < -0.39 is 48.0 Å². The van der Waals surface area contributed by atoms with E-state index in [9.17, 15) is 29.4 Å². The van der Waals surface area contributed by atoms with E-state index in [-0.39, 0.29) is 45.2 Å². The van der Waals surface area contributed by atoms with Crippen molar-refractivity contribution in [3.63, 3.8) is 0 Å². The van der Waals surface area contributed by atoms with Crippen molar-refractivity contribution in [1.29, 1.82) is 0 Å². The highest BCUT2D eigenvalue weighted by Crippen LogP contribution is 2.22. The minimum Gasteiger partial charge on any atom is -0.480 e. The van der Waals surface area contributed by atoms with E-state index in [2.05, 4.69) is 0 Å². The standard InChI is InChI=1S/C15H22N2O8/c18-8-4-10(14(22)23)16(6-8)12(20)2-1-3-13(21)17-7-9(19)5-11(17)15(24)25/h8-11,18-19H,1-7H2,(H,22,23)(H,24,25). The Morgan fingerprint density at radius 2 is 1.12 bits per heavy atom. The van der Waals surface area contributed by atoms with Crippen molar-refractivity contribution in [2.75, 3.05) is 13.1 Å². The lowest BCUT2D eigenvalue weighted by molar-refractivity contribution is -0.149. The van der Waals surface area contributed by atoms with E-state index in [0.717, 1.165) is 9.80 Å². The van der Waals surface area contributed by atoms with Gasteiger partial charge in [-0.25, -0.2) is 9.59 Å². The number of aliphatic hydroxyl groups is 2. The molecular formula is C15H22N2O8. The van der Waals surface area contributed by atoms with Crippen LogP contribution in [0.15, 0.2) is 0 Å². The number of aliphatic hydroxyl groups excluding tert-OH is 2. The third-order valence-electron chi connectivity index (χ3n) is 4.55. The fourth-order valence-electron chi connectivity index (χ4n) is 3.33. The molecule has 25 heavy (non-hydrogen) atoms. The van der Waals surface area contributed by atoms with Crippen molar-refractivity contribution in [2.45, 2.75) is 56.4 Å². The van der Waals surface area contributed by atoms with Gasteiger partial charge in [0, 0.05) is 38.8 Å². The molecule has 2 fully saturated rings. The smallest absolute Gasteiger partial charge is 0.326 e. The molecule has 4 atom stereocenters. The van der Waals surface area contributed by atoms with Crippen molar-refractivity contribution in [3.8, 4) is 0 Å². The Kier molecular flexibility index (Phi) is 5.96. The second-order valence-electron chi connectivity index (χ2n) is 6.43. The van der Waals surface area contributed by atoms with E-state index in [1.54, 1.807) is 0 Å². The van der Waals surface area contributed by atoms with Crippen molar-refractivity contribution >= 4 is 23.8 Å². The molecular weight excluding hydrogens is 336 g/mol. The lowest BCUT2D eigenvalue weighted by Gasteiger charge is -2.22. The third-order valence-corrected chi connectivity index (χ3v) is 4.55. The average molecular weight is 358 g/mol. The molecule has 0 radical (unpaired) electrons. The van der Waals surface area contributed by atoms with Gasteiger partial charge in [0.25, 0.3) is 0 Å². The molecule has 0 saturated carbocycles. The lowest BCUT2D eigenvalue weighted by atomic mass is 10.1. The molecule has 0 bridgehead atoms. The highest BCUT2D eigenvalue weighted by atomic mass is 16.4. The number of hydrogen-bond donors (Lipinski definition) is 4. The summed E-state index contributed by atoms with van der Waals surface area (Å²) < 4.78 is 0. The molecule has 0 aromatic rings. The molecule has 2 rings (SSSR count). The first-order chi connectivity index (χ1) is 11.7. The fourth-order valence-corrected chi connectivity index (χ4v) is 3.33. The summed E-state index contributed by atoms with van der Waals surface area (Å²) in [7, 11) is 0. The molecule has 2 aliphatic heterocycles. The number of amides is 2. The Morgan fingerprint density at radius 1 is 0.760 bits per heavy atom. The van der Waals surface area contributed by atoms with Crippen molar-refractivity contribution in [3.05, 3.63) is 0 Å². The minimum absolute atomic E-state index is 0.0219. The third kappa shape index (κ3) is 4.45. The second-order valence-corrected chi connectivity index (χ2v) is 6.43. The van der Waals surface area contributed by atoms with Gasteiger partial charge in [-0.2, -0.15) is 0 Å². The van der Waals surface area contributed by atoms with E-state index in [4.69, 9.17) is 10.2 Å². The highest BCUT2D eigenvalue weighted by molar-refractivity contribution is 5.86. The zero-order valence-electron chi connectivity index (χ0n) is 13.6. The van der Waals surface area contributed by atoms with Gasteiger partial charge in [0.05, 0.1) is 12.2 Å². The Balaban J connectivity index is 1.83. The SMILES string of the molecule is O=C(O)C1CC(O)CN1C(=O)CCCC(=O)N1CC(O)CC1C(=O)O. The van der Waals surface area contributed by atoms with Crippen molar-refractivity contribution in [2.24, 2.45) is 0 Å². The normalized spacial score (nSPS) is 29.0. The van der Waals surface area contributed by atoms with Crippen molar-refractivity contribution < 1.29 is 39.6 Å². The highest BCUT2D eigenvalue weighted by Gasteiger charge is 2.40. The topological polar surface area (TPSA) is 156 Å². The Labute approximate surface area is 143 Å². The molecule has 0 spiro atoms. The van der Waals surface area contributed by atoms with Crippen LogP contribution in [0.1, 0.15) is 32.1 Å². The quantitative estimate of drug-likeness (QED) is 0.435. The van der Waals surface area contributed by atoms with Crippen LogP contribution in [0.25, 0.3) is 0 Å². The zero-order valence-corrected chi connectivity index (χ0v) is 13.6. The fraction of sp³-hybridized carbons (Fsp3) is 0.733. The number of hydrogen-bond acceptors (Lipinski definition) is 6. The van der Waals surface area contributed by atoms with Crippen LogP contribution in [-0.2, 0) is 19.2 Å². The van der Waals surface area contributed by atoms with Crippen LogP contribution < -0.4 is 0 Å². The van der Waals surface area contributed by atoms with Crippen LogP contribution in [0.5, 0.6) is 0 Å². The summed E-state index contributed by atoms with van der Waals surface area (Å²) in [4.78, 5) is 48.6. The number of carbonyl (C=O) groups excluding carboxylic acids is 2. The van der Waals surface area contributed by atoms with Gasteiger partial charge in [0.1, 0.15) is 12.1 Å². The van der Waals surface area contributed by atoms with Gasteiger partial charge in [-0.15, -0.1) is 0 Å². The van der Waals surface area contributed by atoms with Gasteiger partial charge in [0.2, 0.25) is 11.8 Å². The maximum atomic E-state index is 12.1. The van der Waals surface area contributed by atoms with Gasteiger partial charge in [-0.3, -0.25) is 9.59 Å². The predicted octanol–water partition coefficient (Wildman–Crippen LogP) is -1.75. The number of carboxylic acid groups (broad SMARTS) is 2. The number of aliphatic carboxylic acids is 2. The number of β-amino-alcohol motifs (C(OH)–C–C–N with tert-alkyl or cyclic N) is 2. The molecule has 0 aromatic heterocycles. The molecule has 10 nitrogen and oxygen atoms in total. The van der Waals surface area contributed by atoms with E-state index in [0.29, 0.717) is 0 Å². The maximum Gasteiger partial charge on any atom is 0.326 e. The summed E-state index contributed by atoms with van der Waals surface area (Å²) >= 11 is 0. The molecule has 4 N–H and O–H groups in total. The van der Waals surface area contributed by atoms with Crippen LogP contribution in [0.3, 0.4) is 0 Å². The van der Waals surface area contributed by atoms with Gasteiger partial charge < -0.3 is 30.2 Å². The van der Waals surface area contributed by atoms with Crippen LogP contribution in [-0.4, -0.2) is 91.4 Å². The molecule has 2 heterocycles. The molecule has 4 unspecified atom stereocenters. The monoisotopic (exact) mass is 358 g/mol. The zero-order chi connectivity index (χ0) is 18.7. The largest absolute Gasteiger partial charge is 0.480 e. The first-order valence-electron chi connectivity index (χ1n) is 8.11. The molecule has 2 aliphatic rings. The lowest BCUT2D eigenvalue weighted by Crippen LogP contribution is -2.41. The van der Waals surface area contributed by atoms with Gasteiger partial charge >= 0.3 is 11.9 Å². The van der Waals surface area contributed by atoms with E-state index in [1.807, 2.05) is 0 Å². The minimum atomic E-state index is -1.18. The average Bonchev–Trinajstić information content (AvgIpc) is 3.10. The molecule has 0 aromatic carbocycles. The number of carbonyl (C=O) groups is 4. The molecule has 0 aliphatic carbocycles. The second kappa shape index (κ2) is 7.79. The number of likely N-dealkylation sites (tertiary alicyclic amines) is 2. The van der Waals surface area contributed by atoms with Crippen LogP contribution >= 0.6 is 0 Å². The van der Waals surface area contributed by atoms with Crippen molar-refractivity contribution in [1.82, 2.24) is 9.80 Å². The first kappa shape index (κ1) is 19.1. The Hall–Kier alpha value is -2.20. The van der Waals surface area contributed by atoms with Crippen LogP contribution in [0, 0.1) is 0 Å². The number of nitrogens with zero attached hydrogens (tertiary/aromatic N) is 2. The van der Waals surface area contributed by atoms with Gasteiger partial charge in [-0.05, 0) is 6.42 Å². The maximum absolute atomic E-state index is 12.1. The molecule has 140 valence electrons.